The first kappa shape index (κ1) is 26.8. The highest BCUT2D eigenvalue weighted by atomic mass is 35.5. The third kappa shape index (κ3) is 4.87. The van der Waals surface area contributed by atoms with Crippen molar-refractivity contribution in [2.24, 2.45) is 0 Å². The fourth-order valence-corrected chi connectivity index (χ4v) is 5.35. The third-order valence-electron chi connectivity index (χ3n) is 6.81. The van der Waals surface area contributed by atoms with E-state index in [0.717, 1.165) is 0 Å². The summed E-state index contributed by atoms with van der Waals surface area (Å²) in [5.74, 6) is -0.822. The lowest BCUT2D eigenvalue weighted by molar-refractivity contribution is -0.128. The third-order valence-corrected chi connectivity index (χ3v) is 7.10. The number of aldehydes is 1. The largest absolute Gasteiger partial charge is 0.508 e. The molecule has 1 fully saturated rings. The lowest BCUT2D eigenvalue weighted by Crippen LogP contribution is -2.55. The van der Waals surface area contributed by atoms with Crippen molar-refractivity contribution in [2.75, 3.05) is 31.1 Å². The van der Waals surface area contributed by atoms with E-state index in [1.54, 1.807) is 35.2 Å². The predicted octanol–water partition coefficient (Wildman–Crippen LogP) is 4.64. The first-order valence-electron chi connectivity index (χ1n) is 12.4. The molecule has 11 heteroatoms. The maximum Gasteiger partial charge on any atom is 0.319 e. The van der Waals surface area contributed by atoms with Crippen LogP contribution in [0.4, 0.5) is 10.2 Å². The van der Waals surface area contributed by atoms with Crippen LogP contribution in [0.15, 0.2) is 55.1 Å². The number of anilines is 1. The number of aromatic nitrogens is 2. The van der Waals surface area contributed by atoms with Crippen molar-refractivity contribution < 1.29 is 23.8 Å². The van der Waals surface area contributed by atoms with Gasteiger partial charge in [-0.25, -0.2) is 4.39 Å². The molecule has 1 N–H and O–H groups in total. The minimum Gasteiger partial charge on any atom is -0.508 e. The lowest BCUT2D eigenvalue weighted by Gasteiger charge is -2.41. The van der Waals surface area contributed by atoms with Gasteiger partial charge in [-0.3, -0.25) is 9.59 Å². The maximum absolute atomic E-state index is 16.4. The van der Waals surface area contributed by atoms with Crippen LogP contribution in [0.1, 0.15) is 6.42 Å². The van der Waals surface area contributed by atoms with Gasteiger partial charge in [0, 0.05) is 30.6 Å². The maximum atomic E-state index is 16.4. The van der Waals surface area contributed by atoms with Gasteiger partial charge in [0.25, 0.3) is 0 Å². The zero-order valence-corrected chi connectivity index (χ0v) is 21.9. The van der Waals surface area contributed by atoms with Gasteiger partial charge in [0.2, 0.25) is 5.91 Å². The van der Waals surface area contributed by atoms with Crippen LogP contribution < -0.4 is 9.64 Å². The molecule has 0 bridgehead atoms. The molecule has 40 heavy (non-hydrogen) atoms. The van der Waals surface area contributed by atoms with E-state index in [1.807, 2.05) is 11.0 Å². The molecule has 1 atom stereocenters. The second kappa shape index (κ2) is 11.2. The molecule has 5 rings (SSSR count). The molecule has 4 aromatic rings. The van der Waals surface area contributed by atoms with Crippen molar-refractivity contribution >= 4 is 51.3 Å². The summed E-state index contributed by atoms with van der Waals surface area (Å²) >= 11 is 6.71. The Bertz CT molecular complexity index is 1710. The van der Waals surface area contributed by atoms with Crippen molar-refractivity contribution in [1.29, 1.82) is 5.26 Å². The number of nitrogens with zero attached hydrogens (tertiary/aromatic N) is 5. The molecular formula is C29H23ClFN5O4. The molecule has 0 unspecified atom stereocenters. The van der Waals surface area contributed by atoms with Gasteiger partial charge in [0.15, 0.2) is 12.1 Å². The molecule has 9 nitrogen and oxygen atoms in total. The quantitative estimate of drug-likeness (QED) is 0.257. The summed E-state index contributed by atoms with van der Waals surface area (Å²) in [6, 6.07) is 13.2. The number of halogens is 2. The number of hydrogen-bond donors (Lipinski definition) is 1. The monoisotopic (exact) mass is 559 g/mol. The summed E-state index contributed by atoms with van der Waals surface area (Å²) in [5, 5.41) is 21.5. The summed E-state index contributed by atoms with van der Waals surface area (Å²) < 4.78 is 21.8. The minimum atomic E-state index is -0.757. The van der Waals surface area contributed by atoms with Gasteiger partial charge in [0.1, 0.15) is 23.7 Å². The summed E-state index contributed by atoms with van der Waals surface area (Å²) in [7, 11) is 0. The molecule has 1 aliphatic heterocycles. The number of hydrogen-bond acceptors (Lipinski definition) is 8. The number of rotatable bonds is 7. The van der Waals surface area contributed by atoms with E-state index in [-0.39, 0.29) is 71.1 Å². The standard InChI is InChI=1S/C29H23ClFN5O4/c1-2-24(39)36-10-9-35(16-18(36)7-8-32)28-22-15-23(30)25(26(31)27(22)33-29(34-28)40-12-11-37)21-14-19(38)13-17-5-3-4-6-20(17)21/h2-6,11,13-15,18,38H,1,7,9-10,12,16H2/t18-/m0/s1. The SMILES string of the molecule is C=CC(=O)N1CCN(c2nc(OCC=O)nc3c(F)c(-c4cc(O)cc5ccccc45)c(Cl)cc23)C[C@@H]1CC#N. The number of aromatic hydroxyl groups is 1. The minimum absolute atomic E-state index is 0.0380. The smallest absolute Gasteiger partial charge is 0.319 e. The van der Waals surface area contributed by atoms with Crippen LogP contribution in [0.25, 0.3) is 32.8 Å². The Kier molecular flexibility index (Phi) is 7.49. The second-order valence-electron chi connectivity index (χ2n) is 9.16. The van der Waals surface area contributed by atoms with Crippen LogP contribution in [-0.4, -0.2) is 64.5 Å². The number of nitriles is 1. The Morgan fingerprint density at radius 1 is 1.25 bits per heavy atom. The molecule has 0 spiro atoms. The summed E-state index contributed by atoms with van der Waals surface area (Å²) in [4.78, 5) is 35.5. The average Bonchev–Trinajstić information content (AvgIpc) is 2.95. The van der Waals surface area contributed by atoms with E-state index in [9.17, 15) is 20.0 Å². The molecule has 1 aliphatic rings. The number of carbonyl (C=O) groups excluding carboxylic acids is 2. The van der Waals surface area contributed by atoms with Gasteiger partial charge in [-0.1, -0.05) is 42.4 Å². The van der Waals surface area contributed by atoms with E-state index in [4.69, 9.17) is 16.3 Å². The van der Waals surface area contributed by atoms with Crippen LogP contribution in [0.5, 0.6) is 11.8 Å². The van der Waals surface area contributed by atoms with Gasteiger partial charge in [-0.05, 0) is 40.6 Å². The van der Waals surface area contributed by atoms with E-state index >= 15 is 4.39 Å². The molecule has 1 amide bonds. The average molecular weight is 560 g/mol. The highest BCUT2D eigenvalue weighted by Gasteiger charge is 2.32. The molecular weight excluding hydrogens is 537 g/mol. The molecule has 0 radical (unpaired) electrons. The van der Waals surface area contributed by atoms with E-state index in [1.165, 1.54) is 12.1 Å². The van der Waals surface area contributed by atoms with Crippen molar-refractivity contribution in [2.45, 2.75) is 12.5 Å². The number of carbonyl (C=O) groups is 2. The highest BCUT2D eigenvalue weighted by molar-refractivity contribution is 6.35. The van der Waals surface area contributed by atoms with Crippen LogP contribution in [0.3, 0.4) is 0 Å². The van der Waals surface area contributed by atoms with Gasteiger partial charge in [-0.2, -0.15) is 15.2 Å². The highest BCUT2D eigenvalue weighted by Crippen LogP contribution is 2.42. The summed E-state index contributed by atoms with van der Waals surface area (Å²) in [6.07, 6.45) is 1.79. The number of phenolic OH excluding ortho intramolecular Hbond substituents is 1. The molecule has 0 aliphatic carbocycles. The Labute approximate surface area is 233 Å². The van der Waals surface area contributed by atoms with Gasteiger partial charge in [-0.15, -0.1) is 0 Å². The molecule has 202 valence electrons. The summed E-state index contributed by atoms with van der Waals surface area (Å²) in [6.45, 7) is 4.02. The van der Waals surface area contributed by atoms with Gasteiger partial charge in [0.05, 0.1) is 23.6 Å². The van der Waals surface area contributed by atoms with Crippen molar-refractivity contribution in [3.63, 3.8) is 0 Å². The fourth-order valence-electron chi connectivity index (χ4n) is 5.06. The molecule has 3 aromatic carbocycles. The number of amides is 1. The van der Waals surface area contributed by atoms with Crippen LogP contribution in [0, 0.1) is 17.1 Å². The van der Waals surface area contributed by atoms with E-state index < -0.39 is 11.9 Å². The Morgan fingerprint density at radius 3 is 2.80 bits per heavy atom. The zero-order valence-electron chi connectivity index (χ0n) is 21.2. The Morgan fingerprint density at radius 2 is 2.05 bits per heavy atom. The van der Waals surface area contributed by atoms with Crippen LogP contribution >= 0.6 is 11.6 Å². The molecule has 1 aromatic heterocycles. The van der Waals surface area contributed by atoms with Crippen LogP contribution in [-0.2, 0) is 9.59 Å². The molecule has 1 saturated heterocycles. The van der Waals surface area contributed by atoms with Gasteiger partial charge < -0.3 is 19.6 Å². The molecule has 2 heterocycles. The predicted molar refractivity (Wildman–Crippen MR) is 149 cm³/mol. The molecule has 0 saturated carbocycles. The first-order valence-corrected chi connectivity index (χ1v) is 12.8. The number of phenols is 1. The number of benzene rings is 3. The Hall–Kier alpha value is -4.75. The number of ether oxygens (including phenoxy) is 1. The normalized spacial score (nSPS) is 15.2. The van der Waals surface area contributed by atoms with Crippen molar-refractivity contribution in [3.8, 4) is 29.0 Å². The Balaban J connectivity index is 1.70. The number of piperazine rings is 1. The van der Waals surface area contributed by atoms with Crippen molar-refractivity contribution in [1.82, 2.24) is 14.9 Å². The number of fused-ring (bicyclic) bond motifs is 2. The lowest BCUT2D eigenvalue weighted by atomic mass is 9.96. The van der Waals surface area contributed by atoms with Gasteiger partial charge >= 0.3 is 6.01 Å². The van der Waals surface area contributed by atoms with E-state index in [2.05, 4.69) is 22.6 Å². The fraction of sp³-hybridized carbons (Fsp3) is 0.207. The zero-order chi connectivity index (χ0) is 28.4. The van der Waals surface area contributed by atoms with Crippen molar-refractivity contribution in [3.05, 3.63) is 66.0 Å². The van der Waals surface area contributed by atoms with Crippen LogP contribution in [0.2, 0.25) is 5.02 Å². The first-order chi connectivity index (χ1) is 19.4. The summed E-state index contributed by atoms with van der Waals surface area (Å²) in [5.41, 5.74) is 0.316. The second-order valence-corrected chi connectivity index (χ2v) is 9.57. The topological polar surface area (TPSA) is 120 Å². The van der Waals surface area contributed by atoms with E-state index in [0.29, 0.717) is 29.2 Å².